The zero-order valence-electron chi connectivity index (χ0n) is 17.1. The van der Waals surface area contributed by atoms with Gasteiger partial charge in [0.2, 0.25) is 5.91 Å². The molecule has 1 aliphatic carbocycles. The number of nitrogens with zero attached hydrogens (tertiary/aromatic N) is 3. The first-order valence-electron chi connectivity index (χ1n) is 9.87. The zero-order chi connectivity index (χ0) is 22.4. The van der Waals surface area contributed by atoms with E-state index in [1.54, 1.807) is 0 Å². The molecule has 1 N–H and O–H groups in total. The van der Waals surface area contributed by atoms with Gasteiger partial charge < -0.3 is 14.6 Å². The number of amides is 1. The number of rotatable bonds is 8. The lowest BCUT2D eigenvalue weighted by Crippen LogP contribution is -2.35. The Balaban J connectivity index is 1.60. The van der Waals surface area contributed by atoms with E-state index >= 15 is 0 Å². The van der Waals surface area contributed by atoms with Crippen LogP contribution < -0.4 is 10.1 Å². The fourth-order valence-electron chi connectivity index (χ4n) is 3.11. The predicted octanol–water partition coefficient (Wildman–Crippen LogP) is 4.74. The topological polar surface area (TPSA) is 69.0 Å². The van der Waals surface area contributed by atoms with Gasteiger partial charge in [-0.15, -0.1) is 23.4 Å². The van der Waals surface area contributed by atoms with Gasteiger partial charge in [-0.3, -0.25) is 4.79 Å². The van der Waals surface area contributed by atoms with Crippen molar-refractivity contribution in [2.75, 3.05) is 5.75 Å². The van der Waals surface area contributed by atoms with Crippen LogP contribution in [0.4, 0.5) is 13.2 Å². The number of hydrogen-bond donors (Lipinski definition) is 1. The quantitative estimate of drug-likeness (QED) is 0.586. The number of alkyl halides is 3. The highest BCUT2D eigenvalue weighted by Gasteiger charge is 2.31. The number of thioether (sulfide) groups is 1. The van der Waals surface area contributed by atoms with Crippen molar-refractivity contribution in [1.29, 1.82) is 0 Å². The fourth-order valence-corrected chi connectivity index (χ4v) is 3.93. The Bertz CT molecular complexity index is 968. The minimum absolute atomic E-state index is 0.0135. The van der Waals surface area contributed by atoms with Gasteiger partial charge in [-0.2, -0.15) is 0 Å². The molecule has 2 aromatic rings. The van der Waals surface area contributed by atoms with Crippen LogP contribution in [0.15, 0.2) is 53.2 Å². The highest BCUT2D eigenvalue weighted by atomic mass is 32.2. The zero-order valence-corrected chi connectivity index (χ0v) is 18.0. The van der Waals surface area contributed by atoms with Crippen LogP contribution in [-0.4, -0.2) is 38.8 Å². The summed E-state index contributed by atoms with van der Waals surface area (Å²) < 4.78 is 42.7. The third kappa shape index (κ3) is 6.36. The van der Waals surface area contributed by atoms with Crippen molar-refractivity contribution in [2.45, 2.75) is 50.8 Å². The molecule has 166 valence electrons. The van der Waals surface area contributed by atoms with Gasteiger partial charge in [0.05, 0.1) is 11.8 Å². The van der Waals surface area contributed by atoms with Gasteiger partial charge in [0.1, 0.15) is 5.75 Å². The first kappa shape index (κ1) is 22.9. The minimum Gasteiger partial charge on any atom is -0.406 e. The molecule has 0 radical (unpaired) electrons. The van der Waals surface area contributed by atoms with Crippen molar-refractivity contribution >= 4 is 17.7 Å². The molecule has 31 heavy (non-hydrogen) atoms. The number of allylic oxidation sites excluding steroid dienone is 2. The maximum Gasteiger partial charge on any atom is 0.573 e. The van der Waals surface area contributed by atoms with Gasteiger partial charge in [-0.1, -0.05) is 42.5 Å². The van der Waals surface area contributed by atoms with Crippen LogP contribution >= 0.6 is 11.8 Å². The van der Waals surface area contributed by atoms with E-state index in [9.17, 15) is 18.0 Å². The van der Waals surface area contributed by atoms with Gasteiger partial charge in [0.15, 0.2) is 11.0 Å². The van der Waals surface area contributed by atoms with Crippen LogP contribution in [0.25, 0.3) is 11.4 Å². The number of benzene rings is 1. The largest absolute Gasteiger partial charge is 0.573 e. The summed E-state index contributed by atoms with van der Waals surface area (Å²) in [5.41, 5.74) is 1.87. The molecular formula is C21H23F3N4O2S. The SMILES string of the molecule is CCC1=CCC(NC(=O)CSc2nnc(-c3ccc(OC(F)(F)F)cc3)n2CC)C=C1. The van der Waals surface area contributed by atoms with E-state index in [1.165, 1.54) is 41.6 Å². The Labute approximate surface area is 182 Å². The van der Waals surface area contributed by atoms with E-state index in [4.69, 9.17) is 0 Å². The highest BCUT2D eigenvalue weighted by Crippen LogP contribution is 2.28. The first-order chi connectivity index (χ1) is 14.8. The molecule has 0 spiro atoms. The standard InChI is InChI=1S/C21H23F3N4O2S/c1-3-14-5-9-16(10-6-14)25-18(29)13-31-20-27-26-19(28(20)4-2)15-7-11-17(12-8-15)30-21(22,23)24/h5-9,11-12,16H,3-4,10,13H2,1-2H3,(H,25,29). The van der Waals surface area contributed by atoms with E-state index in [2.05, 4.69) is 33.3 Å². The van der Waals surface area contributed by atoms with Crippen molar-refractivity contribution in [3.63, 3.8) is 0 Å². The second-order valence-corrected chi connectivity index (χ2v) is 7.76. The van der Waals surface area contributed by atoms with Gasteiger partial charge in [-0.05, 0) is 44.0 Å². The Morgan fingerprint density at radius 3 is 2.58 bits per heavy atom. The van der Waals surface area contributed by atoms with E-state index in [1.807, 2.05) is 23.6 Å². The Morgan fingerprint density at radius 2 is 2.00 bits per heavy atom. The van der Waals surface area contributed by atoms with Crippen molar-refractivity contribution in [3.8, 4) is 17.1 Å². The number of carbonyl (C=O) groups excluding carboxylic acids is 1. The van der Waals surface area contributed by atoms with Crippen molar-refractivity contribution in [2.24, 2.45) is 0 Å². The van der Waals surface area contributed by atoms with E-state index in [0.717, 1.165) is 12.8 Å². The summed E-state index contributed by atoms with van der Waals surface area (Å²) >= 11 is 1.26. The van der Waals surface area contributed by atoms with Crippen LogP contribution in [0.5, 0.6) is 5.75 Å². The van der Waals surface area contributed by atoms with Crippen molar-refractivity contribution in [1.82, 2.24) is 20.1 Å². The van der Waals surface area contributed by atoms with E-state index in [0.29, 0.717) is 23.1 Å². The fraction of sp³-hybridized carbons (Fsp3) is 0.381. The van der Waals surface area contributed by atoms with E-state index in [-0.39, 0.29) is 23.5 Å². The highest BCUT2D eigenvalue weighted by molar-refractivity contribution is 7.99. The summed E-state index contributed by atoms with van der Waals surface area (Å²) in [7, 11) is 0. The predicted molar refractivity (Wildman–Crippen MR) is 113 cm³/mol. The van der Waals surface area contributed by atoms with E-state index < -0.39 is 6.36 Å². The molecule has 1 atom stereocenters. The Kier molecular flexibility index (Phi) is 7.42. The number of carbonyl (C=O) groups is 1. The molecule has 0 fully saturated rings. The molecule has 6 nitrogen and oxygen atoms in total. The lowest BCUT2D eigenvalue weighted by molar-refractivity contribution is -0.274. The molecule has 1 heterocycles. The summed E-state index contributed by atoms with van der Waals surface area (Å²) in [4.78, 5) is 12.3. The van der Waals surface area contributed by atoms with Crippen LogP contribution in [0.3, 0.4) is 0 Å². The molecule has 1 amide bonds. The van der Waals surface area contributed by atoms with Crippen LogP contribution in [-0.2, 0) is 11.3 Å². The first-order valence-corrected chi connectivity index (χ1v) is 10.9. The van der Waals surface area contributed by atoms with Gasteiger partial charge in [-0.25, -0.2) is 0 Å². The molecular weight excluding hydrogens is 429 g/mol. The molecule has 3 rings (SSSR count). The minimum atomic E-state index is -4.74. The monoisotopic (exact) mass is 452 g/mol. The second kappa shape index (κ2) is 10.0. The third-order valence-electron chi connectivity index (χ3n) is 4.64. The normalized spacial score (nSPS) is 16.2. The summed E-state index contributed by atoms with van der Waals surface area (Å²) in [5, 5.41) is 11.8. The summed E-state index contributed by atoms with van der Waals surface area (Å²) in [6.07, 6.45) is 3.17. The molecule has 1 unspecified atom stereocenters. The summed E-state index contributed by atoms with van der Waals surface area (Å²) in [6.45, 7) is 4.54. The van der Waals surface area contributed by atoms with Crippen molar-refractivity contribution < 1.29 is 22.7 Å². The molecule has 0 bridgehead atoms. The maximum atomic E-state index is 12.3. The average molecular weight is 453 g/mol. The second-order valence-electron chi connectivity index (χ2n) is 6.81. The molecule has 0 saturated heterocycles. The summed E-state index contributed by atoms with van der Waals surface area (Å²) in [6, 6.07) is 5.43. The van der Waals surface area contributed by atoms with Crippen LogP contribution in [0, 0.1) is 0 Å². The average Bonchev–Trinajstić information content (AvgIpc) is 3.15. The Hall–Kier alpha value is -2.75. The molecule has 0 saturated carbocycles. The lowest BCUT2D eigenvalue weighted by Gasteiger charge is -2.17. The number of aromatic nitrogens is 3. The van der Waals surface area contributed by atoms with Crippen molar-refractivity contribution in [3.05, 3.63) is 48.1 Å². The molecule has 1 aliphatic rings. The van der Waals surface area contributed by atoms with Gasteiger partial charge in [0, 0.05) is 12.1 Å². The number of nitrogens with one attached hydrogen (secondary N) is 1. The molecule has 1 aromatic carbocycles. The third-order valence-corrected chi connectivity index (χ3v) is 5.61. The number of ether oxygens (including phenoxy) is 1. The number of hydrogen-bond acceptors (Lipinski definition) is 5. The van der Waals surface area contributed by atoms with Crippen LogP contribution in [0.2, 0.25) is 0 Å². The summed E-state index contributed by atoms with van der Waals surface area (Å²) in [5.74, 6) is 0.290. The smallest absolute Gasteiger partial charge is 0.406 e. The molecule has 1 aromatic heterocycles. The molecule has 10 heteroatoms. The lowest BCUT2D eigenvalue weighted by atomic mass is 10.0. The molecule has 0 aliphatic heterocycles. The van der Waals surface area contributed by atoms with Gasteiger partial charge >= 0.3 is 6.36 Å². The van der Waals surface area contributed by atoms with Crippen LogP contribution in [0.1, 0.15) is 26.7 Å². The van der Waals surface area contributed by atoms with Gasteiger partial charge in [0.25, 0.3) is 0 Å². The Morgan fingerprint density at radius 1 is 1.26 bits per heavy atom. The maximum absolute atomic E-state index is 12.3. The number of halogens is 3.